The van der Waals surface area contributed by atoms with Crippen molar-refractivity contribution in [1.29, 1.82) is 0 Å². The van der Waals surface area contributed by atoms with Crippen LogP contribution in [0.15, 0.2) is 24.3 Å². The predicted molar refractivity (Wildman–Crippen MR) is 66.8 cm³/mol. The lowest BCUT2D eigenvalue weighted by Crippen LogP contribution is -2.08. The number of aryl methyl sites for hydroxylation is 1. The highest BCUT2D eigenvalue weighted by Gasteiger charge is 2.16. The van der Waals surface area contributed by atoms with Gasteiger partial charge in [0.1, 0.15) is 17.3 Å². The Morgan fingerprint density at radius 1 is 1.47 bits per heavy atom. The molecular weight excluding hydrogens is 251 g/mol. The second-order valence-electron chi connectivity index (χ2n) is 3.88. The van der Waals surface area contributed by atoms with Crippen LogP contribution in [0.25, 0.3) is 11.3 Å². The van der Waals surface area contributed by atoms with Gasteiger partial charge in [-0.1, -0.05) is 0 Å². The summed E-state index contributed by atoms with van der Waals surface area (Å²) in [6.07, 6.45) is 0. The molecular formula is C13H13FN2O3. The molecule has 0 amide bonds. The molecule has 0 aliphatic carbocycles. The van der Waals surface area contributed by atoms with Crippen molar-refractivity contribution in [2.45, 2.75) is 13.5 Å². The molecule has 0 unspecified atom stereocenters. The zero-order valence-corrected chi connectivity index (χ0v) is 10.6. The number of aromatic nitrogens is 2. The van der Waals surface area contributed by atoms with Gasteiger partial charge >= 0.3 is 5.97 Å². The van der Waals surface area contributed by atoms with E-state index in [2.05, 4.69) is 5.10 Å². The number of hydrogen-bond acceptors (Lipinski definition) is 3. The summed E-state index contributed by atoms with van der Waals surface area (Å²) in [5, 5.41) is 13.1. The largest absolute Gasteiger partial charge is 0.497 e. The molecule has 19 heavy (non-hydrogen) atoms. The average molecular weight is 264 g/mol. The van der Waals surface area contributed by atoms with Gasteiger partial charge in [-0.05, 0) is 25.1 Å². The molecule has 5 nitrogen and oxygen atoms in total. The lowest BCUT2D eigenvalue weighted by Gasteiger charge is -2.03. The molecule has 100 valence electrons. The van der Waals surface area contributed by atoms with Crippen LogP contribution in [0.5, 0.6) is 5.75 Å². The molecule has 1 aromatic carbocycles. The molecule has 1 aromatic heterocycles. The summed E-state index contributed by atoms with van der Waals surface area (Å²) in [6, 6.07) is 5.71. The highest BCUT2D eigenvalue weighted by atomic mass is 19.1. The topological polar surface area (TPSA) is 64.4 Å². The molecule has 0 aliphatic heterocycles. The number of halogens is 1. The number of carboxylic acid groups (broad SMARTS) is 1. The van der Waals surface area contributed by atoms with Crippen molar-refractivity contribution >= 4 is 5.97 Å². The SMILES string of the molecule is CCn1nc(-c2ccc(OC)cc2F)cc1C(=O)O. The van der Waals surface area contributed by atoms with Crippen molar-refractivity contribution in [3.8, 4) is 17.0 Å². The van der Waals surface area contributed by atoms with Crippen LogP contribution in [0, 0.1) is 5.82 Å². The molecule has 2 aromatic rings. The van der Waals surface area contributed by atoms with E-state index in [1.165, 1.54) is 30.0 Å². The van der Waals surface area contributed by atoms with Crippen molar-refractivity contribution in [3.05, 3.63) is 35.8 Å². The van der Waals surface area contributed by atoms with Gasteiger partial charge in [0.05, 0.1) is 12.8 Å². The Bertz CT molecular complexity index is 622. The number of hydrogen-bond donors (Lipinski definition) is 1. The minimum Gasteiger partial charge on any atom is -0.497 e. The van der Waals surface area contributed by atoms with Crippen molar-refractivity contribution in [1.82, 2.24) is 9.78 Å². The van der Waals surface area contributed by atoms with Gasteiger partial charge in [0.2, 0.25) is 0 Å². The van der Waals surface area contributed by atoms with E-state index in [9.17, 15) is 9.18 Å². The van der Waals surface area contributed by atoms with Gasteiger partial charge in [-0.2, -0.15) is 5.10 Å². The molecule has 6 heteroatoms. The molecule has 0 aliphatic rings. The van der Waals surface area contributed by atoms with E-state index >= 15 is 0 Å². The number of carboxylic acids is 1. The van der Waals surface area contributed by atoms with E-state index in [0.717, 1.165) is 0 Å². The Kier molecular flexibility index (Phi) is 3.50. The maximum absolute atomic E-state index is 13.9. The number of carbonyl (C=O) groups is 1. The summed E-state index contributed by atoms with van der Waals surface area (Å²) < 4.78 is 20.1. The fourth-order valence-corrected chi connectivity index (χ4v) is 1.79. The van der Waals surface area contributed by atoms with Crippen LogP contribution in [-0.4, -0.2) is 28.0 Å². The molecule has 0 saturated heterocycles. The van der Waals surface area contributed by atoms with Crippen LogP contribution >= 0.6 is 0 Å². The first-order valence-electron chi connectivity index (χ1n) is 5.72. The van der Waals surface area contributed by atoms with Gasteiger partial charge in [0.25, 0.3) is 0 Å². The third-order valence-corrected chi connectivity index (χ3v) is 2.75. The third kappa shape index (κ3) is 2.42. The second kappa shape index (κ2) is 5.09. The maximum Gasteiger partial charge on any atom is 0.354 e. The van der Waals surface area contributed by atoms with Gasteiger partial charge in [-0.3, -0.25) is 4.68 Å². The van der Waals surface area contributed by atoms with Gasteiger partial charge in [-0.15, -0.1) is 0 Å². The van der Waals surface area contributed by atoms with E-state index in [1.807, 2.05) is 0 Å². The summed E-state index contributed by atoms with van der Waals surface area (Å²) in [4.78, 5) is 11.0. The first kappa shape index (κ1) is 13.1. The summed E-state index contributed by atoms with van der Waals surface area (Å²) in [7, 11) is 1.45. The molecule has 0 spiro atoms. The highest BCUT2D eigenvalue weighted by molar-refractivity contribution is 5.87. The minimum atomic E-state index is -1.09. The number of ether oxygens (including phenoxy) is 1. The third-order valence-electron chi connectivity index (χ3n) is 2.75. The molecule has 0 radical (unpaired) electrons. The fraction of sp³-hybridized carbons (Fsp3) is 0.231. The van der Waals surface area contributed by atoms with E-state index in [-0.39, 0.29) is 11.3 Å². The van der Waals surface area contributed by atoms with Crippen molar-refractivity contribution in [2.24, 2.45) is 0 Å². The van der Waals surface area contributed by atoms with Crippen LogP contribution < -0.4 is 4.74 Å². The molecule has 0 atom stereocenters. The number of methoxy groups -OCH3 is 1. The molecule has 1 heterocycles. The number of benzene rings is 1. The van der Waals surface area contributed by atoms with E-state index in [0.29, 0.717) is 18.0 Å². The molecule has 2 rings (SSSR count). The molecule has 0 saturated carbocycles. The summed E-state index contributed by atoms with van der Waals surface area (Å²) in [5.41, 5.74) is 0.572. The summed E-state index contributed by atoms with van der Waals surface area (Å²) in [6.45, 7) is 2.17. The second-order valence-corrected chi connectivity index (χ2v) is 3.88. The zero-order valence-electron chi connectivity index (χ0n) is 10.6. The Morgan fingerprint density at radius 2 is 2.21 bits per heavy atom. The van der Waals surface area contributed by atoms with Crippen LogP contribution in [-0.2, 0) is 6.54 Å². The molecule has 1 N–H and O–H groups in total. The minimum absolute atomic E-state index is 0.0349. The van der Waals surface area contributed by atoms with Gasteiger partial charge in [0.15, 0.2) is 0 Å². The monoisotopic (exact) mass is 264 g/mol. The number of rotatable bonds is 4. The van der Waals surface area contributed by atoms with Gasteiger partial charge < -0.3 is 9.84 Å². The Labute approximate surface area is 109 Å². The Balaban J connectivity index is 2.50. The average Bonchev–Trinajstić information content (AvgIpc) is 2.82. The summed E-state index contributed by atoms with van der Waals surface area (Å²) >= 11 is 0. The van der Waals surface area contributed by atoms with Crippen molar-refractivity contribution < 1.29 is 19.0 Å². The number of nitrogens with zero attached hydrogens (tertiary/aromatic N) is 2. The van der Waals surface area contributed by atoms with Gasteiger partial charge in [-0.25, -0.2) is 9.18 Å². The van der Waals surface area contributed by atoms with E-state index in [1.54, 1.807) is 13.0 Å². The number of aromatic carboxylic acids is 1. The van der Waals surface area contributed by atoms with Crippen molar-refractivity contribution in [2.75, 3.05) is 7.11 Å². The molecule has 0 fully saturated rings. The maximum atomic E-state index is 13.9. The quantitative estimate of drug-likeness (QED) is 0.921. The van der Waals surface area contributed by atoms with Crippen LogP contribution in [0.2, 0.25) is 0 Å². The van der Waals surface area contributed by atoms with Gasteiger partial charge in [0, 0.05) is 18.2 Å². The fourth-order valence-electron chi connectivity index (χ4n) is 1.79. The molecule has 0 bridgehead atoms. The van der Waals surface area contributed by atoms with E-state index < -0.39 is 11.8 Å². The first-order chi connectivity index (χ1) is 9.06. The van der Waals surface area contributed by atoms with Crippen LogP contribution in [0.4, 0.5) is 4.39 Å². The first-order valence-corrected chi connectivity index (χ1v) is 5.72. The van der Waals surface area contributed by atoms with Crippen LogP contribution in [0.1, 0.15) is 17.4 Å². The Hall–Kier alpha value is -2.37. The smallest absolute Gasteiger partial charge is 0.354 e. The summed E-state index contributed by atoms with van der Waals surface area (Å²) in [5.74, 6) is -1.19. The van der Waals surface area contributed by atoms with Crippen LogP contribution in [0.3, 0.4) is 0 Å². The normalized spacial score (nSPS) is 10.5. The lowest BCUT2D eigenvalue weighted by molar-refractivity contribution is 0.0683. The van der Waals surface area contributed by atoms with E-state index in [4.69, 9.17) is 9.84 Å². The zero-order chi connectivity index (χ0) is 14.0. The predicted octanol–water partition coefficient (Wildman–Crippen LogP) is 2.42. The standard InChI is InChI=1S/C13H13FN2O3/c1-3-16-12(13(17)18)7-11(15-16)9-5-4-8(19-2)6-10(9)14/h4-7H,3H2,1-2H3,(H,17,18). The lowest BCUT2D eigenvalue weighted by atomic mass is 10.1. The van der Waals surface area contributed by atoms with Crippen molar-refractivity contribution in [3.63, 3.8) is 0 Å². The Morgan fingerprint density at radius 3 is 2.68 bits per heavy atom. The highest BCUT2D eigenvalue weighted by Crippen LogP contribution is 2.26.